The second kappa shape index (κ2) is 4.61. The van der Waals surface area contributed by atoms with Gasteiger partial charge >= 0.3 is 12.1 Å². The Bertz CT molecular complexity index is 433. The summed E-state index contributed by atoms with van der Waals surface area (Å²) in [5, 5.41) is 0. The van der Waals surface area contributed by atoms with Crippen molar-refractivity contribution in [2.45, 2.75) is 18.1 Å². The number of benzene rings is 1. The Morgan fingerprint density at radius 2 is 1.83 bits per heavy atom. The molecule has 1 fully saturated rings. The normalized spacial score (nSPS) is 24.3. The standard InChI is InChI=1S/C12H13F3N2O/c13-12(14,15)11(18)17-6-9(10(16)7-17)8-4-2-1-3-5-8/h1-5,9-10H,6-7,16H2. The lowest BCUT2D eigenvalue weighted by atomic mass is 9.95. The fourth-order valence-corrected chi connectivity index (χ4v) is 2.23. The van der Waals surface area contributed by atoms with Crippen LogP contribution in [0.15, 0.2) is 30.3 Å². The lowest BCUT2D eigenvalue weighted by molar-refractivity contribution is -0.184. The van der Waals surface area contributed by atoms with Crippen LogP contribution in [0.2, 0.25) is 0 Å². The molecule has 1 aromatic carbocycles. The van der Waals surface area contributed by atoms with Crippen molar-refractivity contribution in [3.05, 3.63) is 35.9 Å². The van der Waals surface area contributed by atoms with Crippen LogP contribution in [0, 0.1) is 0 Å². The maximum atomic E-state index is 12.3. The molecule has 3 nitrogen and oxygen atoms in total. The van der Waals surface area contributed by atoms with Crippen molar-refractivity contribution in [2.75, 3.05) is 13.1 Å². The monoisotopic (exact) mass is 258 g/mol. The molecule has 6 heteroatoms. The van der Waals surface area contributed by atoms with Crippen LogP contribution in [0.5, 0.6) is 0 Å². The Morgan fingerprint density at radius 1 is 1.22 bits per heavy atom. The zero-order chi connectivity index (χ0) is 13.3. The Hall–Kier alpha value is -1.56. The van der Waals surface area contributed by atoms with E-state index in [2.05, 4.69) is 0 Å². The van der Waals surface area contributed by atoms with Gasteiger partial charge in [-0.25, -0.2) is 0 Å². The molecule has 1 aromatic rings. The molecule has 18 heavy (non-hydrogen) atoms. The molecule has 1 aliphatic rings. The van der Waals surface area contributed by atoms with E-state index in [4.69, 9.17) is 5.73 Å². The summed E-state index contributed by atoms with van der Waals surface area (Å²) < 4.78 is 37.0. The van der Waals surface area contributed by atoms with Crippen LogP contribution in [-0.2, 0) is 4.79 Å². The molecular formula is C12H13F3N2O. The zero-order valence-electron chi connectivity index (χ0n) is 9.52. The summed E-state index contributed by atoms with van der Waals surface area (Å²) in [6.07, 6.45) is -4.83. The number of rotatable bonds is 1. The summed E-state index contributed by atoms with van der Waals surface area (Å²) in [7, 11) is 0. The van der Waals surface area contributed by atoms with Crippen molar-refractivity contribution in [1.82, 2.24) is 4.90 Å². The van der Waals surface area contributed by atoms with Crippen LogP contribution in [0.25, 0.3) is 0 Å². The van der Waals surface area contributed by atoms with Gasteiger partial charge in [-0.05, 0) is 5.56 Å². The van der Waals surface area contributed by atoms with Gasteiger partial charge in [0.05, 0.1) is 0 Å². The average molecular weight is 258 g/mol. The minimum Gasteiger partial charge on any atom is -0.333 e. The van der Waals surface area contributed by atoms with Crippen LogP contribution < -0.4 is 5.73 Å². The Kier molecular flexibility index (Phi) is 3.30. The molecule has 1 aliphatic heterocycles. The molecule has 98 valence electrons. The Balaban J connectivity index is 2.13. The number of alkyl halides is 3. The molecule has 1 heterocycles. The van der Waals surface area contributed by atoms with Gasteiger partial charge in [0.1, 0.15) is 0 Å². The minimum absolute atomic E-state index is 0.0174. The summed E-state index contributed by atoms with van der Waals surface area (Å²) in [4.78, 5) is 11.9. The largest absolute Gasteiger partial charge is 0.471 e. The second-order valence-corrected chi connectivity index (χ2v) is 4.39. The van der Waals surface area contributed by atoms with Gasteiger partial charge in [-0.3, -0.25) is 4.79 Å². The van der Waals surface area contributed by atoms with Crippen molar-refractivity contribution in [1.29, 1.82) is 0 Å². The van der Waals surface area contributed by atoms with E-state index in [0.717, 1.165) is 10.5 Å². The summed E-state index contributed by atoms with van der Waals surface area (Å²) in [6.45, 7) is -0.0403. The van der Waals surface area contributed by atoms with Crippen molar-refractivity contribution in [3.8, 4) is 0 Å². The zero-order valence-corrected chi connectivity index (χ0v) is 9.52. The summed E-state index contributed by atoms with van der Waals surface area (Å²) >= 11 is 0. The highest BCUT2D eigenvalue weighted by molar-refractivity contribution is 5.82. The molecule has 2 N–H and O–H groups in total. The van der Waals surface area contributed by atoms with Crippen molar-refractivity contribution in [3.63, 3.8) is 0 Å². The van der Waals surface area contributed by atoms with Gasteiger partial charge in [-0.1, -0.05) is 30.3 Å². The van der Waals surface area contributed by atoms with Gasteiger partial charge < -0.3 is 10.6 Å². The molecule has 2 rings (SSSR count). The van der Waals surface area contributed by atoms with E-state index in [0.29, 0.717) is 0 Å². The number of carbonyl (C=O) groups excluding carboxylic acids is 1. The van der Waals surface area contributed by atoms with E-state index < -0.39 is 18.1 Å². The van der Waals surface area contributed by atoms with Crippen molar-refractivity contribution in [2.24, 2.45) is 5.73 Å². The molecule has 2 atom stereocenters. The molecule has 0 spiro atoms. The topological polar surface area (TPSA) is 46.3 Å². The highest BCUT2D eigenvalue weighted by Crippen LogP contribution is 2.29. The lowest BCUT2D eigenvalue weighted by Gasteiger charge is -2.17. The van der Waals surface area contributed by atoms with Gasteiger partial charge in [-0.2, -0.15) is 13.2 Å². The second-order valence-electron chi connectivity index (χ2n) is 4.39. The molecule has 1 amide bonds. The Morgan fingerprint density at radius 3 is 2.39 bits per heavy atom. The summed E-state index contributed by atoms with van der Waals surface area (Å²) in [5.74, 6) is -2.05. The number of nitrogens with two attached hydrogens (primary N) is 1. The van der Waals surface area contributed by atoms with Crippen LogP contribution in [0.4, 0.5) is 13.2 Å². The third-order valence-corrected chi connectivity index (χ3v) is 3.12. The fourth-order valence-electron chi connectivity index (χ4n) is 2.23. The van der Waals surface area contributed by atoms with E-state index >= 15 is 0 Å². The van der Waals surface area contributed by atoms with Crippen molar-refractivity contribution >= 4 is 5.91 Å². The van der Waals surface area contributed by atoms with Crippen molar-refractivity contribution < 1.29 is 18.0 Å². The van der Waals surface area contributed by atoms with Gasteiger partial charge in [0.15, 0.2) is 0 Å². The van der Waals surface area contributed by atoms with E-state index in [1.54, 1.807) is 12.1 Å². The maximum absolute atomic E-state index is 12.3. The smallest absolute Gasteiger partial charge is 0.333 e. The third-order valence-electron chi connectivity index (χ3n) is 3.12. The summed E-state index contributed by atoms with van der Waals surface area (Å²) in [5.41, 5.74) is 6.68. The molecular weight excluding hydrogens is 245 g/mol. The first-order valence-corrected chi connectivity index (χ1v) is 5.56. The highest BCUT2D eigenvalue weighted by Gasteiger charge is 2.46. The van der Waals surface area contributed by atoms with Gasteiger partial charge in [0.2, 0.25) is 0 Å². The number of likely N-dealkylation sites (tertiary alicyclic amines) is 1. The quantitative estimate of drug-likeness (QED) is 0.829. The van der Waals surface area contributed by atoms with Gasteiger partial charge in [-0.15, -0.1) is 0 Å². The molecule has 2 unspecified atom stereocenters. The van der Waals surface area contributed by atoms with Gasteiger partial charge in [0, 0.05) is 25.0 Å². The first-order chi connectivity index (χ1) is 8.39. The van der Waals surface area contributed by atoms with E-state index in [1.807, 2.05) is 18.2 Å². The van der Waals surface area contributed by atoms with Gasteiger partial charge in [0.25, 0.3) is 0 Å². The first-order valence-electron chi connectivity index (χ1n) is 5.56. The van der Waals surface area contributed by atoms with E-state index in [9.17, 15) is 18.0 Å². The molecule has 0 bridgehead atoms. The molecule has 1 saturated heterocycles. The van der Waals surface area contributed by atoms with E-state index in [1.165, 1.54) is 0 Å². The fraction of sp³-hybridized carbons (Fsp3) is 0.417. The van der Waals surface area contributed by atoms with Crippen LogP contribution in [0.3, 0.4) is 0 Å². The number of hydrogen-bond donors (Lipinski definition) is 1. The lowest BCUT2D eigenvalue weighted by Crippen LogP contribution is -2.40. The SMILES string of the molecule is NC1CN(C(=O)C(F)(F)F)CC1c1ccccc1. The molecule has 0 saturated carbocycles. The summed E-state index contributed by atoms with van der Waals surface area (Å²) in [6, 6.07) is 8.59. The number of carbonyl (C=O) groups is 1. The predicted octanol–water partition coefficient (Wildman–Crippen LogP) is 1.50. The Labute approximate surface area is 102 Å². The predicted molar refractivity (Wildman–Crippen MR) is 59.8 cm³/mol. The van der Waals surface area contributed by atoms with Crippen LogP contribution >= 0.6 is 0 Å². The number of halogens is 3. The maximum Gasteiger partial charge on any atom is 0.471 e. The van der Waals surface area contributed by atoms with Crippen LogP contribution in [0.1, 0.15) is 11.5 Å². The third kappa shape index (κ3) is 2.48. The average Bonchev–Trinajstić information content (AvgIpc) is 2.70. The molecule has 0 radical (unpaired) electrons. The number of hydrogen-bond acceptors (Lipinski definition) is 2. The number of amides is 1. The van der Waals surface area contributed by atoms with E-state index in [-0.39, 0.29) is 19.0 Å². The first kappa shape index (κ1) is 12.9. The number of nitrogens with zero attached hydrogens (tertiary/aromatic N) is 1. The molecule has 0 aromatic heterocycles. The molecule has 0 aliphatic carbocycles. The van der Waals surface area contributed by atoms with Crippen LogP contribution in [-0.4, -0.2) is 36.1 Å². The highest BCUT2D eigenvalue weighted by atomic mass is 19.4. The minimum atomic E-state index is -4.83.